The van der Waals surface area contributed by atoms with Gasteiger partial charge in [-0.05, 0) is 5.92 Å². The van der Waals surface area contributed by atoms with Crippen LogP contribution in [0.5, 0.6) is 0 Å². The molecule has 1 aliphatic heterocycles. The zero-order chi connectivity index (χ0) is 11.0. The number of methoxy groups -OCH3 is 1. The smallest absolute Gasteiger partial charge is 0.340 e. The summed E-state index contributed by atoms with van der Waals surface area (Å²) in [5.74, 6) is 0.0737. The van der Waals surface area contributed by atoms with Crippen molar-refractivity contribution in [1.29, 1.82) is 0 Å². The van der Waals surface area contributed by atoms with E-state index in [9.17, 15) is 4.79 Å². The number of H-pyrrole nitrogens is 1. The van der Waals surface area contributed by atoms with Crippen LogP contribution < -0.4 is 5.32 Å². The molecule has 4 heteroatoms. The molecule has 0 spiro atoms. The molecule has 4 nitrogen and oxygen atoms in total. The van der Waals surface area contributed by atoms with Gasteiger partial charge in [0.05, 0.1) is 12.7 Å². The predicted molar refractivity (Wildman–Crippen MR) is 56.8 cm³/mol. The number of hydrogen-bond acceptors (Lipinski definition) is 3. The van der Waals surface area contributed by atoms with Crippen LogP contribution >= 0.6 is 0 Å². The molecule has 1 aromatic rings. The summed E-state index contributed by atoms with van der Waals surface area (Å²) in [6.07, 6.45) is 0. The molecule has 0 atom stereocenters. The number of nitrogens with one attached hydrogen (secondary N) is 2. The van der Waals surface area contributed by atoms with Gasteiger partial charge in [-0.1, -0.05) is 13.8 Å². The van der Waals surface area contributed by atoms with Gasteiger partial charge >= 0.3 is 5.97 Å². The molecule has 0 fully saturated rings. The van der Waals surface area contributed by atoms with Crippen molar-refractivity contribution in [1.82, 2.24) is 10.3 Å². The Morgan fingerprint density at radius 2 is 2.13 bits per heavy atom. The summed E-state index contributed by atoms with van der Waals surface area (Å²) >= 11 is 0. The highest BCUT2D eigenvalue weighted by atomic mass is 16.5. The quantitative estimate of drug-likeness (QED) is 0.725. The molecule has 0 amide bonds. The van der Waals surface area contributed by atoms with Crippen molar-refractivity contribution in [2.45, 2.75) is 32.9 Å². The van der Waals surface area contributed by atoms with Crippen molar-refractivity contribution in [2.75, 3.05) is 7.11 Å². The number of carbonyl (C=O) groups excluding carboxylic acids is 1. The average Bonchev–Trinajstić information content (AvgIpc) is 2.74. The zero-order valence-corrected chi connectivity index (χ0v) is 9.31. The van der Waals surface area contributed by atoms with Crippen LogP contribution in [0.1, 0.15) is 47.1 Å². The normalized spacial score (nSPS) is 14.4. The zero-order valence-electron chi connectivity index (χ0n) is 9.31. The summed E-state index contributed by atoms with van der Waals surface area (Å²) in [7, 11) is 1.42. The first-order valence-corrected chi connectivity index (χ1v) is 5.17. The Bertz CT molecular complexity index is 394. The summed E-state index contributed by atoms with van der Waals surface area (Å²) in [4.78, 5) is 15.0. The Balaban J connectivity index is 2.52. The molecular weight excluding hydrogens is 192 g/mol. The Hall–Kier alpha value is -1.29. The van der Waals surface area contributed by atoms with Gasteiger partial charge in [-0.25, -0.2) is 4.79 Å². The van der Waals surface area contributed by atoms with E-state index in [1.54, 1.807) is 0 Å². The van der Waals surface area contributed by atoms with Gasteiger partial charge in [0, 0.05) is 30.0 Å². The fourth-order valence-corrected chi connectivity index (χ4v) is 2.04. The van der Waals surface area contributed by atoms with Crippen molar-refractivity contribution < 1.29 is 9.53 Å². The third-order valence-electron chi connectivity index (χ3n) is 2.79. The van der Waals surface area contributed by atoms with E-state index in [0.29, 0.717) is 5.92 Å². The maximum absolute atomic E-state index is 11.7. The number of ether oxygens (including phenoxy) is 1. The van der Waals surface area contributed by atoms with E-state index in [4.69, 9.17) is 4.74 Å². The number of fused-ring (bicyclic) bond motifs is 1. The van der Waals surface area contributed by atoms with E-state index in [1.165, 1.54) is 7.11 Å². The van der Waals surface area contributed by atoms with Crippen LogP contribution in [0.2, 0.25) is 0 Å². The van der Waals surface area contributed by atoms with E-state index in [1.807, 2.05) is 0 Å². The minimum absolute atomic E-state index is 0.236. The van der Waals surface area contributed by atoms with Crippen LogP contribution in [-0.2, 0) is 17.8 Å². The van der Waals surface area contributed by atoms with Crippen molar-refractivity contribution >= 4 is 5.97 Å². The van der Waals surface area contributed by atoms with Gasteiger partial charge in [0.1, 0.15) is 0 Å². The van der Waals surface area contributed by atoms with Gasteiger partial charge in [-0.3, -0.25) is 0 Å². The molecule has 15 heavy (non-hydrogen) atoms. The molecule has 0 saturated carbocycles. The lowest BCUT2D eigenvalue weighted by atomic mass is 10.0. The standard InChI is InChI=1S/C11H16N2O2/c1-6(2)10-9(11(14)15-3)7-4-12-5-8(7)13-10/h6,12-13H,4-5H2,1-3H3. The first-order valence-electron chi connectivity index (χ1n) is 5.17. The lowest BCUT2D eigenvalue weighted by Gasteiger charge is -2.07. The monoisotopic (exact) mass is 208 g/mol. The van der Waals surface area contributed by atoms with Crippen molar-refractivity contribution in [3.8, 4) is 0 Å². The molecule has 2 N–H and O–H groups in total. The van der Waals surface area contributed by atoms with Crippen molar-refractivity contribution in [3.63, 3.8) is 0 Å². The van der Waals surface area contributed by atoms with Crippen LogP contribution in [0.3, 0.4) is 0 Å². The van der Waals surface area contributed by atoms with Gasteiger partial charge < -0.3 is 15.0 Å². The lowest BCUT2D eigenvalue weighted by Crippen LogP contribution is -2.10. The largest absolute Gasteiger partial charge is 0.465 e. The topological polar surface area (TPSA) is 54.1 Å². The number of carbonyl (C=O) groups is 1. The lowest BCUT2D eigenvalue weighted by molar-refractivity contribution is 0.0598. The number of aromatic amines is 1. The first kappa shape index (κ1) is 10.2. The van der Waals surface area contributed by atoms with E-state index in [-0.39, 0.29) is 5.97 Å². The molecule has 0 aliphatic carbocycles. The first-order chi connectivity index (χ1) is 7.15. The van der Waals surface area contributed by atoms with Gasteiger partial charge in [-0.2, -0.15) is 0 Å². The minimum atomic E-state index is -0.236. The Morgan fingerprint density at radius 3 is 2.73 bits per heavy atom. The SMILES string of the molecule is COC(=O)c1c(C(C)C)[nH]c2c1CNC2. The molecule has 2 heterocycles. The molecule has 0 unspecified atom stereocenters. The molecule has 0 bridgehead atoms. The maximum Gasteiger partial charge on any atom is 0.340 e. The van der Waals surface area contributed by atoms with E-state index in [0.717, 1.165) is 35.6 Å². The fourth-order valence-electron chi connectivity index (χ4n) is 2.04. The Morgan fingerprint density at radius 1 is 1.40 bits per heavy atom. The summed E-state index contributed by atoms with van der Waals surface area (Å²) in [6, 6.07) is 0. The van der Waals surface area contributed by atoms with E-state index in [2.05, 4.69) is 24.1 Å². The second-order valence-corrected chi connectivity index (χ2v) is 4.12. The molecule has 82 valence electrons. The highest BCUT2D eigenvalue weighted by Gasteiger charge is 2.27. The fraction of sp³-hybridized carbons (Fsp3) is 0.545. The third kappa shape index (κ3) is 1.55. The highest BCUT2D eigenvalue weighted by molar-refractivity contribution is 5.93. The number of hydrogen-bond donors (Lipinski definition) is 2. The molecular formula is C11H16N2O2. The molecule has 0 aromatic carbocycles. The van der Waals surface area contributed by atoms with Crippen LogP contribution in [0.15, 0.2) is 0 Å². The Kier molecular flexibility index (Phi) is 2.52. The van der Waals surface area contributed by atoms with Crippen molar-refractivity contribution in [3.05, 3.63) is 22.5 Å². The second kappa shape index (κ2) is 3.70. The number of esters is 1. The predicted octanol–water partition coefficient (Wildman–Crippen LogP) is 1.53. The van der Waals surface area contributed by atoms with E-state index < -0.39 is 0 Å². The summed E-state index contributed by atoms with van der Waals surface area (Å²) in [5, 5.41) is 3.21. The van der Waals surface area contributed by atoms with E-state index >= 15 is 0 Å². The third-order valence-corrected chi connectivity index (χ3v) is 2.79. The van der Waals surface area contributed by atoms with Crippen LogP contribution in [-0.4, -0.2) is 18.1 Å². The van der Waals surface area contributed by atoms with Crippen LogP contribution in [0.25, 0.3) is 0 Å². The summed E-state index contributed by atoms with van der Waals surface area (Å²) in [6.45, 7) is 5.71. The van der Waals surface area contributed by atoms with Gasteiger partial charge in [0.15, 0.2) is 0 Å². The second-order valence-electron chi connectivity index (χ2n) is 4.12. The minimum Gasteiger partial charge on any atom is -0.465 e. The summed E-state index contributed by atoms with van der Waals surface area (Å²) < 4.78 is 4.82. The van der Waals surface area contributed by atoms with Crippen molar-refractivity contribution in [2.24, 2.45) is 0 Å². The number of rotatable bonds is 2. The number of aromatic nitrogens is 1. The summed E-state index contributed by atoms with van der Waals surface area (Å²) in [5.41, 5.74) is 3.92. The average molecular weight is 208 g/mol. The van der Waals surface area contributed by atoms with Crippen LogP contribution in [0, 0.1) is 0 Å². The Labute approximate surface area is 89.0 Å². The van der Waals surface area contributed by atoms with Crippen LogP contribution in [0.4, 0.5) is 0 Å². The molecule has 1 aromatic heterocycles. The molecule has 2 rings (SSSR count). The molecule has 0 radical (unpaired) electrons. The van der Waals surface area contributed by atoms with Gasteiger partial charge in [-0.15, -0.1) is 0 Å². The van der Waals surface area contributed by atoms with Gasteiger partial charge in [0.2, 0.25) is 0 Å². The van der Waals surface area contributed by atoms with Gasteiger partial charge in [0.25, 0.3) is 0 Å². The molecule has 1 aliphatic rings. The highest BCUT2D eigenvalue weighted by Crippen LogP contribution is 2.28. The maximum atomic E-state index is 11.7. The molecule has 0 saturated heterocycles.